The standard InChI is InChI=1S/C16H20N4O3S/c1-2-23-16(22)20-9-7-19(8-10-20)11-14(21)18-15-17-12-5-3-4-6-13(12)24-15/h3-6H,2,7-11H2,1H3,(H,17,18,21)/p+1. The summed E-state index contributed by atoms with van der Waals surface area (Å²) >= 11 is 1.48. The zero-order valence-electron chi connectivity index (χ0n) is 13.6. The minimum absolute atomic E-state index is 0.0476. The van der Waals surface area contributed by atoms with E-state index in [0.717, 1.165) is 28.2 Å². The molecule has 8 heteroatoms. The second kappa shape index (κ2) is 7.59. The zero-order valence-corrected chi connectivity index (χ0v) is 14.4. The van der Waals surface area contributed by atoms with E-state index in [2.05, 4.69) is 10.3 Å². The number of ether oxygens (including phenoxy) is 1. The Kier molecular flexibility index (Phi) is 5.27. The van der Waals surface area contributed by atoms with Gasteiger partial charge in [0.1, 0.15) is 0 Å². The van der Waals surface area contributed by atoms with Gasteiger partial charge in [0, 0.05) is 0 Å². The number of amides is 2. The number of hydrogen-bond acceptors (Lipinski definition) is 5. The Morgan fingerprint density at radius 1 is 1.33 bits per heavy atom. The van der Waals surface area contributed by atoms with Crippen LogP contribution in [0.5, 0.6) is 0 Å². The van der Waals surface area contributed by atoms with Crippen molar-refractivity contribution in [2.45, 2.75) is 6.92 Å². The number of nitrogens with zero attached hydrogens (tertiary/aromatic N) is 2. The smallest absolute Gasteiger partial charge is 0.410 e. The minimum atomic E-state index is -0.268. The molecular formula is C16H21N4O3S+. The SMILES string of the molecule is CCOC(=O)N1CC[NH+](CC(=O)Nc2nc3ccccc3s2)CC1. The van der Waals surface area contributed by atoms with Crippen LogP contribution >= 0.6 is 11.3 Å². The minimum Gasteiger partial charge on any atom is -0.450 e. The van der Waals surface area contributed by atoms with E-state index in [1.807, 2.05) is 24.3 Å². The molecule has 2 heterocycles. The van der Waals surface area contributed by atoms with Gasteiger partial charge < -0.3 is 9.64 Å². The van der Waals surface area contributed by atoms with Crippen LogP contribution in [0.4, 0.5) is 9.93 Å². The first-order chi connectivity index (χ1) is 11.7. The van der Waals surface area contributed by atoms with Crippen molar-refractivity contribution in [1.82, 2.24) is 9.88 Å². The lowest BCUT2D eigenvalue weighted by molar-refractivity contribution is -0.895. The number of thiazole rings is 1. The summed E-state index contributed by atoms with van der Waals surface area (Å²) in [6, 6.07) is 7.81. The monoisotopic (exact) mass is 349 g/mol. The topological polar surface area (TPSA) is 76.0 Å². The number of rotatable bonds is 4. The maximum absolute atomic E-state index is 12.2. The predicted molar refractivity (Wildman–Crippen MR) is 92.4 cm³/mol. The van der Waals surface area contributed by atoms with Crippen LogP contribution in [0, 0.1) is 0 Å². The van der Waals surface area contributed by atoms with E-state index in [1.165, 1.54) is 11.3 Å². The third-order valence-electron chi connectivity index (χ3n) is 3.95. The van der Waals surface area contributed by atoms with Gasteiger partial charge in [0.25, 0.3) is 5.91 Å². The summed E-state index contributed by atoms with van der Waals surface area (Å²) < 4.78 is 6.06. The third-order valence-corrected chi connectivity index (χ3v) is 4.90. The van der Waals surface area contributed by atoms with Crippen LogP contribution in [-0.2, 0) is 9.53 Å². The number of carbonyl (C=O) groups is 2. The first-order valence-electron chi connectivity index (χ1n) is 8.06. The highest BCUT2D eigenvalue weighted by atomic mass is 32.1. The van der Waals surface area contributed by atoms with Gasteiger partial charge in [-0.05, 0) is 19.1 Å². The molecule has 2 amide bonds. The number of quaternary nitrogens is 1. The average Bonchev–Trinajstić information content (AvgIpc) is 2.97. The van der Waals surface area contributed by atoms with Gasteiger partial charge in [-0.2, -0.15) is 0 Å². The molecule has 1 fully saturated rings. The Bertz CT molecular complexity index is 692. The summed E-state index contributed by atoms with van der Waals surface area (Å²) in [5, 5.41) is 3.51. The molecule has 0 bridgehead atoms. The maximum atomic E-state index is 12.2. The molecule has 1 aromatic heterocycles. The maximum Gasteiger partial charge on any atom is 0.410 e. The summed E-state index contributed by atoms with van der Waals surface area (Å²) in [4.78, 5) is 31.1. The number of nitrogens with one attached hydrogen (secondary N) is 2. The van der Waals surface area contributed by atoms with E-state index in [-0.39, 0.29) is 12.0 Å². The fourth-order valence-corrected chi connectivity index (χ4v) is 3.60. The lowest BCUT2D eigenvalue weighted by Crippen LogP contribution is -3.15. The van der Waals surface area contributed by atoms with Crippen molar-refractivity contribution in [3.8, 4) is 0 Å². The van der Waals surface area contributed by atoms with Crippen molar-refractivity contribution >= 4 is 38.7 Å². The Morgan fingerprint density at radius 3 is 2.79 bits per heavy atom. The van der Waals surface area contributed by atoms with Gasteiger partial charge in [-0.15, -0.1) is 0 Å². The fourth-order valence-electron chi connectivity index (χ4n) is 2.71. The van der Waals surface area contributed by atoms with Gasteiger partial charge in [-0.3, -0.25) is 15.0 Å². The molecule has 2 N–H and O–H groups in total. The number of piperazine rings is 1. The second-order valence-corrected chi connectivity index (χ2v) is 6.68. The number of benzene rings is 1. The third kappa shape index (κ3) is 4.01. The molecule has 24 heavy (non-hydrogen) atoms. The fraction of sp³-hybridized carbons (Fsp3) is 0.438. The molecule has 1 aliphatic rings. The lowest BCUT2D eigenvalue weighted by Gasteiger charge is -2.31. The van der Waals surface area contributed by atoms with E-state index >= 15 is 0 Å². The summed E-state index contributed by atoms with van der Waals surface area (Å²) in [6.07, 6.45) is -0.268. The highest BCUT2D eigenvalue weighted by molar-refractivity contribution is 7.22. The van der Waals surface area contributed by atoms with Gasteiger partial charge in [-0.1, -0.05) is 23.5 Å². The number of aromatic nitrogens is 1. The molecule has 128 valence electrons. The normalized spacial score (nSPS) is 15.5. The van der Waals surface area contributed by atoms with Crippen molar-refractivity contribution in [3.05, 3.63) is 24.3 Å². The molecular weight excluding hydrogens is 328 g/mol. The van der Waals surface area contributed by atoms with E-state index < -0.39 is 0 Å². The molecule has 0 saturated carbocycles. The summed E-state index contributed by atoms with van der Waals surface area (Å²) in [5.74, 6) is -0.0476. The molecule has 0 aliphatic carbocycles. The second-order valence-electron chi connectivity index (χ2n) is 5.65. The van der Waals surface area contributed by atoms with Crippen LogP contribution in [0.25, 0.3) is 10.2 Å². The van der Waals surface area contributed by atoms with Crippen LogP contribution < -0.4 is 10.2 Å². The van der Waals surface area contributed by atoms with Crippen molar-refractivity contribution < 1.29 is 19.2 Å². The highest BCUT2D eigenvalue weighted by Gasteiger charge is 2.26. The molecule has 1 saturated heterocycles. The van der Waals surface area contributed by atoms with E-state index in [9.17, 15) is 9.59 Å². The number of carbonyl (C=O) groups excluding carboxylic acids is 2. The molecule has 0 spiro atoms. The number of hydrogen-bond donors (Lipinski definition) is 2. The van der Waals surface area contributed by atoms with Crippen molar-refractivity contribution in [3.63, 3.8) is 0 Å². The van der Waals surface area contributed by atoms with Gasteiger partial charge in [0.15, 0.2) is 11.7 Å². The van der Waals surface area contributed by atoms with E-state index in [4.69, 9.17) is 4.74 Å². The van der Waals surface area contributed by atoms with Gasteiger partial charge in [-0.25, -0.2) is 9.78 Å². The van der Waals surface area contributed by atoms with Crippen molar-refractivity contribution in [2.24, 2.45) is 0 Å². The van der Waals surface area contributed by atoms with Gasteiger partial charge in [0.2, 0.25) is 0 Å². The van der Waals surface area contributed by atoms with Crippen LogP contribution in [0.1, 0.15) is 6.92 Å². The van der Waals surface area contributed by atoms with Crippen LogP contribution in [0.15, 0.2) is 24.3 Å². The molecule has 0 atom stereocenters. The average molecular weight is 349 g/mol. The molecule has 3 rings (SSSR count). The van der Waals surface area contributed by atoms with Gasteiger partial charge >= 0.3 is 6.09 Å². The first kappa shape index (κ1) is 16.7. The summed E-state index contributed by atoms with van der Waals surface area (Å²) in [7, 11) is 0. The van der Waals surface area contributed by atoms with E-state index in [1.54, 1.807) is 11.8 Å². The molecule has 0 radical (unpaired) electrons. The summed E-state index contributed by atoms with van der Waals surface area (Å²) in [5.41, 5.74) is 0.896. The lowest BCUT2D eigenvalue weighted by atomic mass is 10.3. The van der Waals surface area contributed by atoms with Gasteiger partial charge in [0.05, 0.1) is 43.0 Å². The summed E-state index contributed by atoms with van der Waals surface area (Å²) in [6.45, 7) is 5.28. The number of anilines is 1. The van der Waals surface area contributed by atoms with Crippen molar-refractivity contribution in [2.75, 3.05) is 44.6 Å². The first-order valence-corrected chi connectivity index (χ1v) is 8.88. The Morgan fingerprint density at radius 2 is 2.08 bits per heavy atom. The molecule has 0 unspecified atom stereocenters. The zero-order chi connectivity index (χ0) is 16.9. The Balaban J connectivity index is 1.48. The van der Waals surface area contributed by atoms with Crippen LogP contribution in [0.3, 0.4) is 0 Å². The van der Waals surface area contributed by atoms with Crippen LogP contribution in [-0.4, -0.2) is 61.2 Å². The Hall–Kier alpha value is -2.19. The molecule has 1 aliphatic heterocycles. The van der Waals surface area contributed by atoms with Crippen molar-refractivity contribution in [1.29, 1.82) is 0 Å². The largest absolute Gasteiger partial charge is 0.450 e. The number of para-hydroxylation sites is 1. The Labute approximate surface area is 144 Å². The molecule has 1 aromatic carbocycles. The molecule has 2 aromatic rings. The predicted octanol–water partition coefficient (Wildman–Crippen LogP) is 0.592. The number of fused-ring (bicyclic) bond motifs is 1. The van der Waals surface area contributed by atoms with Crippen LogP contribution in [0.2, 0.25) is 0 Å². The van der Waals surface area contributed by atoms with E-state index in [0.29, 0.717) is 31.4 Å². The molecule has 7 nitrogen and oxygen atoms in total. The highest BCUT2D eigenvalue weighted by Crippen LogP contribution is 2.25. The quantitative estimate of drug-likeness (QED) is 0.847.